The van der Waals surface area contributed by atoms with Crippen molar-refractivity contribution in [1.29, 1.82) is 0 Å². The summed E-state index contributed by atoms with van der Waals surface area (Å²) in [6.45, 7) is 2.34. The lowest BCUT2D eigenvalue weighted by Crippen LogP contribution is -2.24. The molecule has 1 aliphatic heterocycles. The van der Waals surface area contributed by atoms with Crippen LogP contribution in [0.15, 0.2) is 59.7 Å². The Morgan fingerprint density at radius 1 is 1.08 bits per heavy atom. The molecule has 0 radical (unpaired) electrons. The molecule has 0 atom stereocenters. The Balaban J connectivity index is 1.52. The highest BCUT2D eigenvalue weighted by atomic mass is 35.5. The minimum Gasteiger partial charge on any atom is -0.340 e. The van der Waals surface area contributed by atoms with Crippen molar-refractivity contribution in [2.24, 2.45) is 0 Å². The molecular weight excluding hydrogens is 348 g/mol. The van der Waals surface area contributed by atoms with Crippen molar-refractivity contribution in [1.82, 2.24) is 14.5 Å². The summed E-state index contributed by atoms with van der Waals surface area (Å²) in [4.78, 5) is 23.4. The molecule has 0 aliphatic carbocycles. The predicted molar refractivity (Wildman–Crippen MR) is 104 cm³/mol. The summed E-state index contributed by atoms with van der Waals surface area (Å²) in [6, 6.07) is 13.3. The molecule has 0 fully saturated rings. The molecule has 132 valence electrons. The van der Waals surface area contributed by atoms with Crippen molar-refractivity contribution in [2.75, 3.05) is 18.0 Å². The number of benzene rings is 1. The summed E-state index contributed by atoms with van der Waals surface area (Å²) in [5.74, 6) is 0.753. The number of fused-ring (bicyclic) bond motifs is 1. The number of aryl methyl sites for hydroxylation is 1. The van der Waals surface area contributed by atoms with Gasteiger partial charge in [0.1, 0.15) is 0 Å². The van der Waals surface area contributed by atoms with E-state index in [0.29, 0.717) is 12.2 Å². The van der Waals surface area contributed by atoms with Gasteiger partial charge in [-0.2, -0.15) is 0 Å². The first kappa shape index (κ1) is 16.8. The topological polar surface area (TPSA) is 51.0 Å². The van der Waals surface area contributed by atoms with Crippen LogP contribution in [-0.4, -0.2) is 27.6 Å². The molecule has 0 unspecified atom stereocenters. The average molecular weight is 367 g/mol. The van der Waals surface area contributed by atoms with Gasteiger partial charge < -0.3 is 4.90 Å². The highest BCUT2D eigenvalue weighted by Crippen LogP contribution is 2.23. The number of rotatable bonds is 5. The lowest BCUT2D eigenvalue weighted by molar-refractivity contribution is 0.727. The Morgan fingerprint density at radius 2 is 1.88 bits per heavy atom. The zero-order chi connectivity index (χ0) is 17.9. The van der Waals surface area contributed by atoms with Gasteiger partial charge >= 0.3 is 0 Å². The molecule has 1 aromatic carbocycles. The van der Waals surface area contributed by atoms with Crippen LogP contribution in [-0.2, 0) is 13.0 Å². The number of hydrogen-bond donors (Lipinski definition) is 0. The summed E-state index contributed by atoms with van der Waals surface area (Å²) >= 11 is 6.23. The summed E-state index contributed by atoms with van der Waals surface area (Å²) in [5, 5.41) is 0.809. The van der Waals surface area contributed by atoms with Gasteiger partial charge in [-0.05, 0) is 36.6 Å². The molecule has 3 aromatic rings. The van der Waals surface area contributed by atoms with E-state index >= 15 is 0 Å². The number of anilines is 1. The van der Waals surface area contributed by atoms with Crippen LogP contribution in [0.1, 0.15) is 12.0 Å². The Bertz CT molecular complexity index is 971. The first-order chi connectivity index (χ1) is 12.7. The maximum Gasteiger partial charge on any atom is 0.255 e. The normalized spacial score (nSPS) is 13.0. The maximum absolute atomic E-state index is 12.5. The minimum atomic E-state index is -0.00424. The molecule has 0 N–H and O–H groups in total. The van der Waals surface area contributed by atoms with E-state index in [9.17, 15) is 4.79 Å². The second-order valence-corrected chi connectivity index (χ2v) is 6.76. The Hall–Kier alpha value is -2.66. The van der Waals surface area contributed by atoms with Crippen LogP contribution >= 0.6 is 11.6 Å². The van der Waals surface area contributed by atoms with E-state index in [-0.39, 0.29) is 5.56 Å². The molecule has 0 saturated carbocycles. The summed E-state index contributed by atoms with van der Waals surface area (Å²) in [6.07, 6.45) is 5.29. The van der Waals surface area contributed by atoms with Crippen molar-refractivity contribution in [3.8, 4) is 11.3 Å². The van der Waals surface area contributed by atoms with E-state index < -0.39 is 0 Å². The largest absolute Gasteiger partial charge is 0.340 e. The van der Waals surface area contributed by atoms with Gasteiger partial charge in [0.2, 0.25) is 5.95 Å². The molecule has 6 heteroatoms. The molecule has 4 rings (SSSR count). The number of hydrogen-bond acceptors (Lipinski definition) is 4. The molecule has 0 amide bonds. The molecule has 0 bridgehead atoms. The quantitative estimate of drug-likeness (QED) is 0.694. The lowest BCUT2D eigenvalue weighted by Gasteiger charge is -2.18. The van der Waals surface area contributed by atoms with Crippen LogP contribution in [0.5, 0.6) is 0 Å². The lowest BCUT2D eigenvalue weighted by atomic mass is 10.1. The average Bonchev–Trinajstić information content (AvgIpc) is 3.08. The van der Waals surface area contributed by atoms with E-state index in [1.54, 1.807) is 23.0 Å². The van der Waals surface area contributed by atoms with E-state index in [4.69, 9.17) is 16.6 Å². The summed E-state index contributed by atoms with van der Waals surface area (Å²) < 4.78 is 1.75. The van der Waals surface area contributed by atoms with Crippen molar-refractivity contribution in [3.63, 3.8) is 0 Å². The third-order valence-electron chi connectivity index (χ3n) is 4.67. The SMILES string of the molecule is O=c1cc(-c2ccncc2)nc2n1CCN2CCCc1ccccc1Cl. The minimum absolute atomic E-state index is 0.00424. The van der Waals surface area contributed by atoms with E-state index in [2.05, 4.69) is 16.0 Å². The first-order valence-corrected chi connectivity index (χ1v) is 9.11. The zero-order valence-electron chi connectivity index (χ0n) is 14.3. The number of nitrogens with zero attached hydrogens (tertiary/aromatic N) is 4. The third kappa shape index (κ3) is 3.35. The number of halogens is 1. The fraction of sp³-hybridized carbons (Fsp3) is 0.250. The third-order valence-corrected chi connectivity index (χ3v) is 5.04. The molecule has 2 aromatic heterocycles. The van der Waals surface area contributed by atoms with Gasteiger partial charge in [-0.1, -0.05) is 29.8 Å². The van der Waals surface area contributed by atoms with Crippen LogP contribution in [0.4, 0.5) is 5.95 Å². The van der Waals surface area contributed by atoms with E-state index in [1.165, 1.54) is 0 Å². The van der Waals surface area contributed by atoms with Gasteiger partial charge in [0.15, 0.2) is 0 Å². The fourth-order valence-electron chi connectivity index (χ4n) is 3.31. The molecule has 1 aliphatic rings. The summed E-state index contributed by atoms with van der Waals surface area (Å²) in [7, 11) is 0. The fourth-order valence-corrected chi connectivity index (χ4v) is 3.54. The molecule has 26 heavy (non-hydrogen) atoms. The molecule has 0 saturated heterocycles. The van der Waals surface area contributed by atoms with Crippen LogP contribution in [0.25, 0.3) is 11.3 Å². The van der Waals surface area contributed by atoms with Crippen molar-refractivity contribution < 1.29 is 0 Å². The molecular formula is C20H19ClN4O. The number of pyridine rings is 1. The van der Waals surface area contributed by atoms with Crippen LogP contribution in [0.2, 0.25) is 5.02 Å². The molecule has 5 nitrogen and oxygen atoms in total. The van der Waals surface area contributed by atoms with Crippen LogP contribution in [0, 0.1) is 0 Å². The highest BCUT2D eigenvalue weighted by Gasteiger charge is 2.22. The van der Waals surface area contributed by atoms with Crippen molar-refractivity contribution in [2.45, 2.75) is 19.4 Å². The summed E-state index contributed by atoms with van der Waals surface area (Å²) in [5.41, 5.74) is 2.75. The van der Waals surface area contributed by atoms with Crippen LogP contribution in [0.3, 0.4) is 0 Å². The van der Waals surface area contributed by atoms with Gasteiger partial charge in [0, 0.05) is 48.7 Å². The Morgan fingerprint density at radius 3 is 2.69 bits per heavy atom. The van der Waals surface area contributed by atoms with Crippen molar-refractivity contribution >= 4 is 17.5 Å². The smallest absolute Gasteiger partial charge is 0.255 e. The molecule has 3 heterocycles. The second-order valence-electron chi connectivity index (χ2n) is 6.35. The van der Waals surface area contributed by atoms with E-state index in [0.717, 1.165) is 48.0 Å². The van der Waals surface area contributed by atoms with Gasteiger partial charge in [-0.25, -0.2) is 4.98 Å². The number of aromatic nitrogens is 3. The van der Waals surface area contributed by atoms with Crippen LogP contribution < -0.4 is 10.5 Å². The Kier molecular flexibility index (Phi) is 4.71. The van der Waals surface area contributed by atoms with Gasteiger partial charge in [0.05, 0.1) is 5.69 Å². The van der Waals surface area contributed by atoms with Crippen molar-refractivity contribution in [3.05, 3.63) is 75.8 Å². The van der Waals surface area contributed by atoms with Gasteiger partial charge in [-0.3, -0.25) is 14.3 Å². The first-order valence-electron chi connectivity index (χ1n) is 8.73. The predicted octanol–water partition coefficient (Wildman–Crippen LogP) is 3.41. The van der Waals surface area contributed by atoms with Gasteiger partial charge in [-0.15, -0.1) is 0 Å². The maximum atomic E-state index is 12.5. The highest BCUT2D eigenvalue weighted by molar-refractivity contribution is 6.31. The van der Waals surface area contributed by atoms with E-state index in [1.807, 2.05) is 30.3 Å². The standard InChI is InChI=1S/C20H19ClN4O/c21-17-6-2-1-4-15(17)5-3-11-24-12-13-25-19(26)14-18(23-20(24)25)16-7-9-22-10-8-16/h1-2,4,6-10,14H,3,5,11-13H2. The van der Waals surface area contributed by atoms with Gasteiger partial charge in [0.25, 0.3) is 5.56 Å². The Labute approximate surface area is 156 Å². The second kappa shape index (κ2) is 7.30. The molecule has 0 spiro atoms. The zero-order valence-corrected chi connectivity index (χ0v) is 15.1. The monoisotopic (exact) mass is 366 g/mol.